The molecule has 1 aromatic rings. The Morgan fingerprint density at radius 3 is 2.78 bits per heavy atom. The van der Waals surface area contributed by atoms with Crippen molar-refractivity contribution in [1.82, 2.24) is 9.80 Å². The number of likely N-dealkylation sites (N-methyl/N-ethyl adjacent to an activating group) is 1. The van der Waals surface area contributed by atoms with Crippen LogP contribution in [0.5, 0.6) is 5.75 Å². The summed E-state index contributed by atoms with van der Waals surface area (Å²) in [5, 5.41) is 8.59. The van der Waals surface area contributed by atoms with Crippen LogP contribution < -0.4 is 4.74 Å². The highest BCUT2D eigenvalue weighted by Crippen LogP contribution is 2.24. The molecule has 2 heterocycles. The highest BCUT2D eigenvalue weighted by atomic mass is 16.5. The Morgan fingerprint density at radius 2 is 2.09 bits per heavy atom. The molecule has 0 radical (unpaired) electrons. The zero-order valence-electron chi connectivity index (χ0n) is 13.0. The van der Waals surface area contributed by atoms with Gasteiger partial charge in [-0.2, -0.15) is 0 Å². The molecule has 23 heavy (non-hydrogen) atoms. The van der Waals surface area contributed by atoms with Gasteiger partial charge in [-0.05, 0) is 17.7 Å². The highest BCUT2D eigenvalue weighted by Gasteiger charge is 2.41. The molecule has 3 rings (SSSR count). The second-order valence-corrected chi connectivity index (χ2v) is 5.94. The first-order valence-corrected chi connectivity index (χ1v) is 7.56. The van der Waals surface area contributed by atoms with Gasteiger partial charge in [0.1, 0.15) is 12.4 Å². The fourth-order valence-corrected chi connectivity index (χ4v) is 3.06. The van der Waals surface area contributed by atoms with Crippen molar-refractivity contribution in [1.29, 1.82) is 0 Å². The topological polar surface area (TPSA) is 79.3 Å². The molecule has 0 unspecified atom stereocenters. The predicted molar refractivity (Wildman–Crippen MR) is 81.1 cm³/mol. The molecule has 0 aliphatic carbocycles. The molecule has 0 saturated carbocycles. The number of hydrogen-bond acceptors (Lipinski definition) is 5. The Hall–Kier alpha value is -2.12. The van der Waals surface area contributed by atoms with Crippen LogP contribution in [-0.4, -0.2) is 72.3 Å². The molecule has 2 aliphatic rings. The number of likely N-dealkylation sites (tertiary alicyclic amines) is 1. The van der Waals surface area contributed by atoms with Crippen LogP contribution in [0.25, 0.3) is 0 Å². The number of amides is 1. The summed E-state index contributed by atoms with van der Waals surface area (Å²) in [6.07, 6.45) is 0.0795. The second-order valence-electron chi connectivity index (χ2n) is 5.94. The minimum atomic E-state index is -0.993. The van der Waals surface area contributed by atoms with Crippen molar-refractivity contribution < 1.29 is 24.2 Å². The van der Waals surface area contributed by atoms with Crippen molar-refractivity contribution in [3.8, 4) is 5.75 Å². The quantitative estimate of drug-likeness (QED) is 0.834. The van der Waals surface area contributed by atoms with Gasteiger partial charge in [0, 0.05) is 26.7 Å². The van der Waals surface area contributed by atoms with Gasteiger partial charge in [-0.3, -0.25) is 9.69 Å². The first-order chi connectivity index (χ1) is 11.0. The van der Waals surface area contributed by atoms with Crippen molar-refractivity contribution in [2.75, 3.05) is 33.4 Å². The molecule has 2 fully saturated rings. The smallest absolute Gasteiger partial charge is 0.341 e. The minimum Gasteiger partial charge on any atom is -0.482 e. The van der Waals surface area contributed by atoms with Gasteiger partial charge < -0.3 is 19.5 Å². The summed E-state index contributed by atoms with van der Waals surface area (Å²) in [5.41, 5.74) is 1.11. The van der Waals surface area contributed by atoms with E-state index in [-0.39, 0.29) is 31.3 Å². The number of fused-ring (bicyclic) bond motifs is 1. The number of benzene rings is 1. The van der Waals surface area contributed by atoms with Gasteiger partial charge in [-0.1, -0.05) is 12.1 Å². The van der Waals surface area contributed by atoms with E-state index in [2.05, 4.69) is 4.90 Å². The third-order valence-electron chi connectivity index (χ3n) is 4.32. The number of carbonyl (C=O) groups is 2. The normalized spacial score (nSPS) is 24.6. The van der Waals surface area contributed by atoms with Crippen molar-refractivity contribution >= 4 is 11.9 Å². The van der Waals surface area contributed by atoms with E-state index >= 15 is 0 Å². The summed E-state index contributed by atoms with van der Waals surface area (Å²) < 4.78 is 10.7. The molecule has 0 bridgehead atoms. The molecule has 1 aromatic carbocycles. The lowest BCUT2D eigenvalue weighted by Crippen LogP contribution is -2.51. The lowest BCUT2D eigenvalue weighted by molar-refractivity contribution is -0.150. The molecule has 7 nitrogen and oxygen atoms in total. The monoisotopic (exact) mass is 320 g/mol. The van der Waals surface area contributed by atoms with E-state index in [0.717, 1.165) is 25.2 Å². The molecule has 1 N–H and O–H groups in total. The number of rotatable bonds is 5. The Balaban J connectivity index is 1.56. The average Bonchev–Trinajstić information content (AvgIpc) is 2.94. The van der Waals surface area contributed by atoms with Crippen LogP contribution >= 0.6 is 0 Å². The number of nitrogens with zero attached hydrogens (tertiary/aromatic N) is 2. The van der Waals surface area contributed by atoms with Crippen LogP contribution in [0.3, 0.4) is 0 Å². The summed E-state index contributed by atoms with van der Waals surface area (Å²) in [5.74, 6) is -0.416. The first kappa shape index (κ1) is 15.8. The van der Waals surface area contributed by atoms with Crippen LogP contribution in [0.2, 0.25) is 0 Å². The van der Waals surface area contributed by atoms with Gasteiger partial charge in [-0.15, -0.1) is 0 Å². The van der Waals surface area contributed by atoms with Gasteiger partial charge in [0.25, 0.3) is 0 Å². The maximum atomic E-state index is 11.7. The molecule has 0 spiro atoms. The van der Waals surface area contributed by atoms with E-state index in [1.54, 1.807) is 17.0 Å². The number of carboxylic acids is 1. The van der Waals surface area contributed by atoms with Crippen LogP contribution in [-0.2, 0) is 20.9 Å². The Morgan fingerprint density at radius 1 is 1.35 bits per heavy atom. The fraction of sp³-hybridized carbons (Fsp3) is 0.500. The van der Waals surface area contributed by atoms with E-state index in [0.29, 0.717) is 5.75 Å². The van der Waals surface area contributed by atoms with Gasteiger partial charge in [0.15, 0.2) is 6.61 Å². The number of hydrogen-bond donors (Lipinski definition) is 1. The third kappa shape index (κ3) is 3.62. The second kappa shape index (κ2) is 6.55. The number of carbonyl (C=O) groups excluding carboxylic acids is 1. The zero-order valence-corrected chi connectivity index (χ0v) is 13.0. The van der Waals surface area contributed by atoms with Crippen LogP contribution in [0.4, 0.5) is 0 Å². The summed E-state index contributed by atoms with van der Waals surface area (Å²) >= 11 is 0. The lowest BCUT2D eigenvalue weighted by atomic mass is 10.1. The molecule has 2 saturated heterocycles. The number of ether oxygens (including phenoxy) is 2. The standard InChI is InChI=1S/C16H20N2O5/c1-17-13-7-18(8-14(13)23-9-15(17)19)6-11-2-4-12(5-3-11)22-10-16(20)21/h2-5,13-14H,6-10H2,1H3,(H,20,21)/t13-,14-/m0/s1. The summed E-state index contributed by atoms with van der Waals surface area (Å²) in [4.78, 5) is 26.2. The molecule has 2 atom stereocenters. The van der Waals surface area contributed by atoms with E-state index in [9.17, 15) is 9.59 Å². The Labute approximate surface area is 134 Å². The lowest BCUT2D eigenvalue weighted by Gasteiger charge is -2.33. The van der Waals surface area contributed by atoms with E-state index in [4.69, 9.17) is 14.6 Å². The van der Waals surface area contributed by atoms with Crippen molar-refractivity contribution in [2.24, 2.45) is 0 Å². The SMILES string of the molecule is CN1C(=O)CO[C@H]2CN(Cc3ccc(OCC(=O)O)cc3)C[C@@H]21. The fourth-order valence-electron chi connectivity index (χ4n) is 3.06. The van der Waals surface area contributed by atoms with Crippen LogP contribution in [0, 0.1) is 0 Å². The molecule has 7 heteroatoms. The molecular weight excluding hydrogens is 300 g/mol. The molecule has 1 amide bonds. The minimum absolute atomic E-state index is 0.0352. The average molecular weight is 320 g/mol. The largest absolute Gasteiger partial charge is 0.482 e. The first-order valence-electron chi connectivity index (χ1n) is 7.56. The van der Waals surface area contributed by atoms with Crippen molar-refractivity contribution in [3.63, 3.8) is 0 Å². The maximum absolute atomic E-state index is 11.7. The summed E-state index contributed by atoms with van der Waals surface area (Å²) in [7, 11) is 1.83. The highest BCUT2D eigenvalue weighted by molar-refractivity contribution is 5.78. The number of morpholine rings is 1. The van der Waals surface area contributed by atoms with E-state index < -0.39 is 5.97 Å². The van der Waals surface area contributed by atoms with Crippen molar-refractivity contribution in [2.45, 2.75) is 18.7 Å². The molecule has 124 valence electrons. The van der Waals surface area contributed by atoms with Crippen LogP contribution in [0.15, 0.2) is 24.3 Å². The summed E-state index contributed by atoms with van der Waals surface area (Å²) in [6.45, 7) is 2.19. The van der Waals surface area contributed by atoms with Gasteiger partial charge in [0.2, 0.25) is 5.91 Å². The number of carboxylic acid groups (broad SMARTS) is 1. The molecular formula is C16H20N2O5. The van der Waals surface area contributed by atoms with E-state index in [1.807, 2.05) is 19.2 Å². The predicted octanol–water partition coefficient (Wildman–Crippen LogP) is 0.191. The third-order valence-corrected chi connectivity index (χ3v) is 4.32. The van der Waals surface area contributed by atoms with Crippen molar-refractivity contribution in [3.05, 3.63) is 29.8 Å². The van der Waals surface area contributed by atoms with Gasteiger partial charge in [0.05, 0.1) is 12.1 Å². The van der Waals surface area contributed by atoms with Gasteiger partial charge in [-0.25, -0.2) is 4.79 Å². The van der Waals surface area contributed by atoms with Crippen LogP contribution in [0.1, 0.15) is 5.56 Å². The Kier molecular flexibility index (Phi) is 4.49. The number of aliphatic carboxylic acids is 1. The molecule has 0 aromatic heterocycles. The zero-order chi connectivity index (χ0) is 16.4. The van der Waals surface area contributed by atoms with Gasteiger partial charge >= 0.3 is 5.97 Å². The molecule has 2 aliphatic heterocycles. The maximum Gasteiger partial charge on any atom is 0.341 e. The Bertz CT molecular complexity index is 589. The van der Waals surface area contributed by atoms with E-state index in [1.165, 1.54) is 0 Å². The summed E-state index contributed by atoms with van der Waals surface area (Å²) in [6, 6.07) is 7.51.